The van der Waals surface area contributed by atoms with Crippen LogP contribution in [0.5, 0.6) is 11.5 Å². The van der Waals surface area contributed by atoms with E-state index in [4.69, 9.17) is 9.47 Å². The summed E-state index contributed by atoms with van der Waals surface area (Å²) in [5.41, 5.74) is 0.552. The summed E-state index contributed by atoms with van der Waals surface area (Å²) in [5, 5.41) is 7.44. The SMILES string of the molecule is CCOc1cccc(CNC(=NC)NCc2cnc(CC(C)C)s2)c1OC(F)F. The van der Waals surface area contributed by atoms with Gasteiger partial charge in [-0.15, -0.1) is 11.3 Å². The summed E-state index contributed by atoms with van der Waals surface area (Å²) in [4.78, 5) is 9.72. The maximum atomic E-state index is 12.8. The minimum absolute atomic E-state index is 0.0353. The molecule has 0 fully saturated rings. The van der Waals surface area contributed by atoms with Gasteiger partial charge in [0, 0.05) is 36.7 Å². The highest BCUT2D eigenvalue weighted by Crippen LogP contribution is 2.32. The number of alkyl halides is 2. The van der Waals surface area contributed by atoms with Crippen LogP contribution in [-0.2, 0) is 19.5 Å². The molecule has 0 atom stereocenters. The van der Waals surface area contributed by atoms with Crippen LogP contribution in [0.15, 0.2) is 29.4 Å². The second kappa shape index (κ2) is 11.5. The standard InChI is InChI=1S/C20H28F2N4O2S/c1-5-27-16-8-6-7-14(18(16)28-19(21)22)10-25-20(23-4)26-12-15-11-24-17(29-15)9-13(2)3/h6-8,11,13,19H,5,9-10,12H2,1-4H3,(H2,23,25,26). The fraction of sp³-hybridized carbons (Fsp3) is 0.500. The second-order valence-electron chi connectivity index (χ2n) is 6.65. The van der Waals surface area contributed by atoms with Crippen molar-refractivity contribution in [2.45, 2.75) is 46.9 Å². The Balaban J connectivity index is 1.98. The third-order valence-corrected chi connectivity index (χ3v) is 4.87. The molecule has 0 aliphatic rings. The number of halogens is 2. The summed E-state index contributed by atoms with van der Waals surface area (Å²) >= 11 is 1.67. The van der Waals surface area contributed by atoms with Gasteiger partial charge in [0.25, 0.3) is 0 Å². The van der Waals surface area contributed by atoms with Crippen molar-refractivity contribution in [2.75, 3.05) is 13.7 Å². The zero-order valence-corrected chi connectivity index (χ0v) is 18.0. The Labute approximate surface area is 174 Å². The summed E-state index contributed by atoms with van der Waals surface area (Å²) in [7, 11) is 1.65. The molecule has 0 bridgehead atoms. The number of nitrogens with one attached hydrogen (secondary N) is 2. The normalized spacial score (nSPS) is 11.8. The zero-order valence-electron chi connectivity index (χ0n) is 17.2. The maximum Gasteiger partial charge on any atom is 0.387 e. The number of rotatable bonds is 10. The summed E-state index contributed by atoms with van der Waals surface area (Å²) in [6.07, 6.45) is 2.82. The molecule has 0 radical (unpaired) electrons. The fourth-order valence-corrected chi connectivity index (χ4v) is 3.71. The average molecular weight is 427 g/mol. The highest BCUT2D eigenvalue weighted by Gasteiger charge is 2.16. The van der Waals surface area contributed by atoms with Crippen LogP contribution in [0.1, 0.15) is 36.2 Å². The Hall–Kier alpha value is -2.42. The molecule has 0 saturated carbocycles. The molecule has 0 spiro atoms. The van der Waals surface area contributed by atoms with E-state index in [1.54, 1.807) is 43.5 Å². The summed E-state index contributed by atoms with van der Waals surface area (Å²) < 4.78 is 35.8. The number of ether oxygens (including phenoxy) is 2. The van der Waals surface area contributed by atoms with Crippen LogP contribution < -0.4 is 20.1 Å². The number of hydrogen-bond donors (Lipinski definition) is 2. The van der Waals surface area contributed by atoms with Gasteiger partial charge < -0.3 is 20.1 Å². The lowest BCUT2D eigenvalue weighted by atomic mass is 10.1. The minimum Gasteiger partial charge on any atom is -0.490 e. The summed E-state index contributed by atoms with van der Waals surface area (Å²) in [6.45, 7) is 4.37. The molecule has 2 rings (SSSR count). The van der Waals surface area contributed by atoms with E-state index in [1.807, 2.05) is 6.20 Å². The Morgan fingerprint density at radius 1 is 1.24 bits per heavy atom. The molecule has 9 heteroatoms. The van der Waals surface area contributed by atoms with Crippen molar-refractivity contribution < 1.29 is 18.3 Å². The van der Waals surface area contributed by atoms with E-state index in [2.05, 4.69) is 34.5 Å². The van der Waals surface area contributed by atoms with Gasteiger partial charge in [0.15, 0.2) is 17.5 Å². The van der Waals surface area contributed by atoms with Gasteiger partial charge in [-0.1, -0.05) is 26.0 Å². The third-order valence-electron chi connectivity index (χ3n) is 3.85. The number of benzene rings is 1. The van der Waals surface area contributed by atoms with E-state index in [0.717, 1.165) is 16.3 Å². The van der Waals surface area contributed by atoms with Crippen molar-refractivity contribution >= 4 is 17.3 Å². The van der Waals surface area contributed by atoms with Crippen molar-refractivity contribution in [2.24, 2.45) is 10.9 Å². The van der Waals surface area contributed by atoms with Crippen LogP contribution >= 0.6 is 11.3 Å². The highest BCUT2D eigenvalue weighted by atomic mass is 32.1. The van der Waals surface area contributed by atoms with E-state index in [0.29, 0.717) is 30.6 Å². The van der Waals surface area contributed by atoms with Gasteiger partial charge in [-0.05, 0) is 18.9 Å². The van der Waals surface area contributed by atoms with Gasteiger partial charge in [-0.25, -0.2) is 4.98 Å². The van der Waals surface area contributed by atoms with E-state index in [1.165, 1.54) is 0 Å². The lowest BCUT2D eigenvalue weighted by molar-refractivity contribution is -0.0520. The lowest BCUT2D eigenvalue weighted by Gasteiger charge is -2.17. The molecule has 2 N–H and O–H groups in total. The lowest BCUT2D eigenvalue weighted by Crippen LogP contribution is -2.36. The highest BCUT2D eigenvalue weighted by molar-refractivity contribution is 7.11. The number of hydrogen-bond acceptors (Lipinski definition) is 5. The number of thiazole rings is 1. The molecule has 0 aliphatic carbocycles. The molecule has 6 nitrogen and oxygen atoms in total. The van der Waals surface area contributed by atoms with E-state index in [9.17, 15) is 8.78 Å². The first-order valence-corrected chi connectivity index (χ1v) is 10.3. The molecule has 1 aromatic heterocycles. The monoisotopic (exact) mass is 426 g/mol. The molecule has 0 unspecified atom stereocenters. The van der Waals surface area contributed by atoms with Gasteiger partial charge in [0.1, 0.15) is 0 Å². The van der Waals surface area contributed by atoms with Gasteiger partial charge in [-0.2, -0.15) is 8.78 Å². The number of nitrogens with zero attached hydrogens (tertiary/aromatic N) is 2. The molecule has 1 aromatic carbocycles. The molecule has 160 valence electrons. The minimum atomic E-state index is -2.93. The van der Waals surface area contributed by atoms with Crippen LogP contribution in [-0.4, -0.2) is 31.2 Å². The molecule has 0 aliphatic heterocycles. The van der Waals surface area contributed by atoms with Gasteiger partial charge in [0.2, 0.25) is 0 Å². The van der Waals surface area contributed by atoms with Gasteiger partial charge >= 0.3 is 6.61 Å². The molecule has 0 saturated heterocycles. The van der Waals surface area contributed by atoms with Gasteiger partial charge in [0.05, 0.1) is 18.2 Å². The van der Waals surface area contributed by atoms with Crippen LogP contribution in [0.2, 0.25) is 0 Å². The van der Waals surface area contributed by atoms with Crippen molar-refractivity contribution in [3.05, 3.63) is 39.8 Å². The number of aromatic nitrogens is 1. The van der Waals surface area contributed by atoms with Crippen LogP contribution in [0, 0.1) is 5.92 Å². The summed E-state index contributed by atoms with van der Waals surface area (Å²) in [6, 6.07) is 5.06. The topological polar surface area (TPSA) is 67.8 Å². The van der Waals surface area contributed by atoms with Crippen molar-refractivity contribution in [3.63, 3.8) is 0 Å². The Kier molecular flexibility index (Phi) is 9.11. The van der Waals surface area contributed by atoms with Crippen LogP contribution in [0.25, 0.3) is 0 Å². The van der Waals surface area contributed by atoms with Crippen molar-refractivity contribution in [1.82, 2.24) is 15.6 Å². The molecule has 1 heterocycles. The summed E-state index contributed by atoms with van der Waals surface area (Å²) in [5.74, 6) is 1.44. The smallest absolute Gasteiger partial charge is 0.387 e. The van der Waals surface area contributed by atoms with Gasteiger partial charge in [-0.3, -0.25) is 4.99 Å². The van der Waals surface area contributed by atoms with E-state index < -0.39 is 6.61 Å². The number of aliphatic imine (C=N–C) groups is 1. The Morgan fingerprint density at radius 2 is 2.00 bits per heavy atom. The Morgan fingerprint density at radius 3 is 2.66 bits per heavy atom. The fourth-order valence-electron chi connectivity index (χ4n) is 2.64. The van der Waals surface area contributed by atoms with Crippen molar-refractivity contribution in [1.29, 1.82) is 0 Å². The third kappa shape index (κ3) is 7.49. The largest absolute Gasteiger partial charge is 0.490 e. The van der Waals surface area contributed by atoms with Crippen molar-refractivity contribution in [3.8, 4) is 11.5 Å². The zero-order chi connectivity index (χ0) is 21.2. The predicted molar refractivity (Wildman–Crippen MR) is 112 cm³/mol. The molecular formula is C20H28F2N4O2S. The first-order chi connectivity index (χ1) is 13.9. The maximum absolute atomic E-state index is 12.8. The number of para-hydroxylation sites is 1. The van der Waals surface area contributed by atoms with Crippen LogP contribution in [0.4, 0.5) is 8.78 Å². The predicted octanol–water partition coefficient (Wildman–Crippen LogP) is 4.21. The van der Waals surface area contributed by atoms with E-state index >= 15 is 0 Å². The molecule has 2 aromatic rings. The molecular weight excluding hydrogens is 398 g/mol. The molecule has 29 heavy (non-hydrogen) atoms. The molecule has 0 amide bonds. The van der Waals surface area contributed by atoms with E-state index in [-0.39, 0.29) is 18.0 Å². The number of guanidine groups is 1. The first kappa shape index (κ1) is 22.9. The quantitative estimate of drug-likeness (QED) is 0.440. The second-order valence-corrected chi connectivity index (χ2v) is 7.85. The Bertz CT molecular complexity index is 797. The average Bonchev–Trinajstić information content (AvgIpc) is 3.10. The first-order valence-electron chi connectivity index (χ1n) is 9.50. The van der Waals surface area contributed by atoms with Crippen LogP contribution in [0.3, 0.4) is 0 Å².